The molecule has 0 aromatic carbocycles. The number of hydrogen-bond acceptors (Lipinski definition) is 2. The zero-order valence-electron chi connectivity index (χ0n) is 5.13. The summed E-state index contributed by atoms with van der Waals surface area (Å²) in [6.07, 6.45) is 1.97. The fraction of sp³-hybridized carbons (Fsp3) is 0.800. The summed E-state index contributed by atoms with van der Waals surface area (Å²) >= 11 is 0. The fourth-order valence-electron chi connectivity index (χ4n) is 0.514. The zero-order valence-corrected chi connectivity index (χ0v) is 5.95. The Balaban J connectivity index is 2.40. The lowest BCUT2D eigenvalue weighted by Crippen LogP contribution is -2.27. The first-order chi connectivity index (χ1) is 4.14. The average molecular weight is 148 g/mol. The van der Waals surface area contributed by atoms with E-state index in [4.69, 9.17) is 0 Å². The molecule has 0 spiro atoms. The van der Waals surface area contributed by atoms with Crippen molar-refractivity contribution in [2.45, 2.75) is 18.9 Å². The maximum atomic E-state index is 10.7. The molecule has 0 saturated heterocycles. The monoisotopic (exact) mass is 148 g/mol. The number of rotatable bonds is 3. The Morgan fingerprint density at radius 1 is 1.56 bits per heavy atom. The van der Waals surface area contributed by atoms with Crippen molar-refractivity contribution in [2.75, 3.05) is 5.75 Å². The van der Waals surface area contributed by atoms with Crippen LogP contribution in [-0.2, 0) is 10.0 Å². The van der Waals surface area contributed by atoms with Gasteiger partial charge in [0, 0.05) is 6.04 Å². The summed E-state index contributed by atoms with van der Waals surface area (Å²) in [5, 5.41) is 0. The maximum absolute atomic E-state index is 10.7. The molecule has 0 aliphatic heterocycles. The van der Waals surface area contributed by atoms with Gasteiger partial charge in [0.25, 0.3) is 0 Å². The predicted octanol–water partition coefficient (Wildman–Crippen LogP) is -0.0977. The minimum absolute atomic E-state index is 0.0521. The Morgan fingerprint density at radius 3 is 2.44 bits per heavy atom. The highest BCUT2D eigenvalue weighted by Crippen LogP contribution is 2.19. The molecule has 1 aliphatic rings. The second kappa shape index (κ2) is 2.27. The van der Waals surface area contributed by atoms with Crippen LogP contribution in [0.25, 0.3) is 0 Å². The van der Waals surface area contributed by atoms with Gasteiger partial charge < -0.3 is 0 Å². The summed E-state index contributed by atoms with van der Waals surface area (Å²) in [6.45, 7) is 3.29. The second-order valence-corrected chi connectivity index (χ2v) is 4.08. The molecule has 53 valence electrons. The average Bonchev–Trinajstić information content (AvgIpc) is 2.50. The van der Waals surface area contributed by atoms with Gasteiger partial charge in [-0.15, -0.1) is 0 Å². The third-order valence-corrected chi connectivity index (χ3v) is 2.42. The van der Waals surface area contributed by atoms with E-state index in [-0.39, 0.29) is 11.8 Å². The van der Waals surface area contributed by atoms with E-state index in [9.17, 15) is 8.42 Å². The Kier molecular flexibility index (Phi) is 1.77. The highest BCUT2D eigenvalue weighted by molar-refractivity contribution is 7.89. The highest BCUT2D eigenvalue weighted by Gasteiger charge is 2.25. The molecule has 1 radical (unpaired) electrons. The molecular weight excluding hydrogens is 138 g/mol. The first kappa shape index (κ1) is 7.02. The van der Waals surface area contributed by atoms with Crippen molar-refractivity contribution in [3.63, 3.8) is 0 Å². The van der Waals surface area contributed by atoms with Crippen molar-refractivity contribution in [2.24, 2.45) is 0 Å². The van der Waals surface area contributed by atoms with Crippen molar-refractivity contribution in [3.05, 3.63) is 6.92 Å². The zero-order chi connectivity index (χ0) is 6.91. The van der Waals surface area contributed by atoms with Crippen molar-refractivity contribution >= 4 is 10.0 Å². The van der Waals surface area contributed by atoms with Crippen LogP contribution in [0.4, 0.5) is 0 Å². The summed E-state index contributed by atoms with van der Waals surface area (Å²) in [7, 11) is -3.02. The summed E-state index contributed by atoms with van der Waals surface area (Å²) in [5.74, 6) is -0.0521. The third kappa shape index (κ3) is 2.32. The van der Waals surface area contributed by atoms with E-state index >= 15 is 0 Å². The molecule has 1 fully saturated rings. The molecule has 1 rings (SSSR count). The van der Waals surface area contributed by atoms with Crippen LogP contribution >= 0.6 is 0 Å². The molecule has 0 heterocycles. The molecule has 0 bridgehead atoms. The minimum Gasteiger partial charge on any atom is -0.212 e. The van der Waals surface area contributed by atoms with E-state index in [0.717, 1.165) is 12.8 Å². The Bertz CT molecular complexity index is 181. The summed E-state index contributed by atoms with van der Waals surface area (Å²) in [5.41, 5.74) is 0. The quantitative estimate of drug-likeness (QED) is 0.607. The van der Waals surface area contributed by atoms with Crippen molar-refractivity contribution in [1.82, 2.24) is 4.72 Å². The van der Waals surface area contributed by atoms with Gasteiger partial charge in [0.15, 0.2) is 0 Å². The molecule has 9 heavy (non-hydrogen) atoms. The lowest BCUT2D eigenvalue weighted by atomic mass is 10.8. The summed E-state index contributed by atoms with van der Waals surface area (Å²) < 4.78 is 23.8. The van der Waals surface area contributed by atoms with E-state index in [1.807, 2.05) is 0 Å². The SMILES string of the molecule is [CH2]CS(=O)(=O)NC1CC1. The van der Waals surface area contributed by atoms with E-state index < -0.39 is 10.0 Å². The van der Waals surface area contributed by atoms with Gasteiger partial charge >= 0.3 is 0 Å². The molecule has 1 aliphatic carbocycles. The minimum atomic E-state index is -3.02. The van der Waals surface area contributed by atoms with Crippen LogP contribution in [0.2, 0.25) is 0 Å². The highest BCUT2D eigenvalue weighted by atomic mass is 32.2. The predicted molar refractivity (Wildman–Crippen MR) is 35.3 cm³/mol. The Hall–Kier alpha value is -0.0900. The van der Waals surface area contributed by atoms with Crippen molar-refractivity contribution < 1.29 is 8.42 Å². The van der Waals surface area contributed by atoms with Crippen molar-refractivity contribution in [1.29, 1.82) is 0 Å². The van der Waals surface area contributed by atoms with E-state index in [0.29, 0.717) is 0 Å². The molecule has 4 heteroatoms. The van der Waals surface area contributed by atoms with Gasteiger partial charge in [-0.25, -0.2) is 13.1 Å². The normalized spacial score (nSPS) is 20.1. The first-order valence-electron chi connectivity index (χ1n) is 2.93. The molecule has 0 atom stereocenters. The first-order valence-corrected chi connectivity index (χ1v) is 4.58. The van der Waals surface area contributed by atoms with E-state index in [2.05, 4.69) is 11.6 Å². The molecule has 0 aromatic rings. The number of nitrogens with one attached hydrogen (secondary N) is 1. The summed E-state index contributed by atoms with van der Waals surface area (Å²) in [6, 6.07) is 0.219. The van der Waals surface area contributed by atoms with Gasteiger partial charge in [-0.05, 0) is 19.8 Å². The van der Waals surface area contributed by atoms with Crippen LogP contribution in [-0.4, -0.2) is 20.2 Å². The van der Waals surface area contributed by atoms with Crippen LogP contribution in [0.3, 0.4) is 0 Å². The van der Waals surface area contributed by atoms with Crippen LogP contribution in [0.1, 0.15) is 12.8 Å². The lowest BCUT2D eigenvalue weighted by Gasteiger charge is -1.98. The molecule has 3 nitrogen and oxygen atoms in total. The number of hydrogen-bond donors (Lipinski definition) is 1. The molecular formula is C5H10NO2S. The van der Waals surface area contributed by atoms with Gasteiger partial charge in [-0.3, -0.25) is 0 Å². The summed E-state index contributed by atoms with van der Waals surface area (Å²) in [4.78, 5) is 0. The van der Waals surface area contributed by atoms with Gasteiger partial charge in [0.1, 0.15) is 0 Å². The second-order valence-electron chi connectivity index (χ2n) is 2.21. The Morgan fingerprint density at radius 2 is 2.11 bits per heavy atom. The largest absolute Gasteiger partial charge is 0.212 e. The number of sulfonamides is 1. The van der Waals surface area contributed by atoms with Gasteiger partial charge in [-0.1, -0.05) is 0 Å². The van der Waals surface area contributed by atoms with E-state index in [1.54, 1.807) is 0 Å². The van der Waals surface area contributed by atoms with E-state index in [1.165, 1.54) is 0 Å². The van der Waals surface area contributed by atoms with Crippen LogP contribution in [0.5, 0.6) is 0 Å². The van der Waals surface area contributed by atoms with Gasteiger partial charge in [0.2, 0.25) is 10.0 Å². The topological polar surface area (TPSA) is 46.2 Å². The third-order valence-electron chi connectivity index (χ3n) is 1.19. The van der Waals surface area contributed by atoms with Crippen LogP contribution in [0.15, 0.2) is 0 Å². The Labute approximate surface area is 55.5 Å². The van der Waals surface area contributed by atoms with Gasteiger partial charge in [-0.2, -0.15) is 0 Å². The molecule has 1 saturated carbocycles. The van der Waals surface area contributed by atoms with Crippen LogP contribution < -0.4 is 4.72 Å². The molecule has 0 aromatic heterocycles. The fourth-order valence-corrected chi connectivity index (χ4v) is 1.38. The standard InChI is InChI=1S/C5H10NO2S/c1-2-9(7,8)6-5-3-4-5/h5-6H,1-4H2. The molecule has 1 N–H and O–H groups in total. The lowest BCUT2D eigenvalue weighted by molar-refractivity contribution is 0.584. The smallest absolute Gasteiger partial charge is 0.211 e. The van der Waals surface area contributed by atoms with Gasteiger partial charge in [0.05, 0.1) is 5.75 Å². The molecule has 0 amide bonds. The van der Waals surface area contributed by atoms with Crippen molar-refractivity contribution in [3.8, 4) is 0 Å². The maximum Gasteiger partial charge on any atom is 0.211 e. The van der Waals surface area contributed by atoms with Crippen LogP contribution in [0, 0.1) is 6.92 Å². The molecule has 0 unspecified atom stereocenters.